The standard InChI is InChI=1S/C8H8N4S/c9-8-11-6-5-4(3-10-6)1-2-13-7(5)12-8/h3H,1-2H2,(H3,9,10,11,12). The lowest BCUT2D eigenvalue weighted by Gasteiger charge is -2.09. The molecule has 0 spiro atoms. The SMILES string of the molecule is Nc1nc2c3c(c[nH]c3n1)CCS2. The quantitative estimate of drug-likeness (QED) is 0.615. The van der Waals surface area contributed by atoms with E-state index in [2.05, 4.69) is 15.0 Å². The van der Waals surface area contributed by atoms with Gasteiger partial charge in [0.25, 0.3) is 0 Å². The molecule has 0 saturated carbocycles. The second-order valence-corrected chi connectivity index (χ2v) is 4.11. The number of nitrogens with zero attached hydrogens (tertiary/aromatic N) is 2. The summed E-state index contributed by atoms with van der Waals surface area (Å²) in [5, 5.41) is 2.18. The number of nitrogens with two attached hydrogens (primary N) is 1. The van der Waals surface area contributed by atoms with Crippen LogP contribution in [0.5, 0.6) is 0 Å². The third-order valence-electron chi connectivity index (χ3n) is 2.21. The third-order valence-corrected chi connectivity index (χ3v) is 3.18. The van der Waals surface area contributed by atoms with Crippen LogP contribution in [-0.4, -0.2) is 20.7 Å². The Morgan fingerprint density at radius 2 is 2.38 bits per heavy atom. The van der Waals surface area contributed by atoms with Crippen molar-refractivity contribution < 1.29 is 0 Å². The lowest BCUT2D eigenvalue weighted by atomic mass is 10.2. The van der Waals surface area contributed by atoms with E-state index >= 15 is 0 Å². The molecule has 0 aliphatic carbocycles. The Bertz CT molecular complexity index is 476. The van der Waals surface area contributed by atoms with Gasteiger partial charge in [0.15, 0.2) is 0 Å². The van der Waals surface area contributed by atoms with Crippen LogP contribution in [0.3, 0.4) is 0 Å². The zero-order chi connectivity index (χ0) is 8.84. The summed E-state index contributed by atoms with van der Waals surface area (Å²) in [6, 6.07) is 0. The smallest absolute Gasteiger partial charge is 0.223 e. The number of nitrogens with one attached hydrogen (secondary N) is 1. The molecule has 1 aliphatic rings. The zero-order valence-corrected chi connectivity index (χ0v) is 7.69. The Hall–Kier alpha value is -1.23. The Labute approximate surface area is 78.9 Å². The molecule has 66 valence electrons. The molecule has 2 aromatic heterocycles. The molecule has 4 nitrogen and oxygen atoms in total. The summed E-state index contributed by atoms with van der Waals surface area (Å²) in [5.74, 6) is 1.43. The second-order valence-electron chi connectivity index (χ2n) is 3.02. The van der Waals surface area contributed by atoms with Gasteiger partial charge in [0.2, 0.25) is 5.95 Å². The average Bonchev–Trinajstić information content (AvgIpc) is 2.50. The number of aryl methyl sites for hydroxylation is 1. The highest BCUT2D eigenvalue weighted by molar-refractivity contribution is 7.99. The van der Waals surface area contributed by atoms with Crippen molar-refractivity contribution in [2.45, 2.75) is 11.4 Å². The Kier molecular flexibility index (Phi) is 1.32. The number of aromatic nitrogens is 3. The molecule has 2 aromatic rings. The molecule has 0 radical (unpaired) electrons. The lowest BCUT2D eigenvalue weighted by Crippen LogP contribution is -2.01. The minimum atomic E-state index is 0.352. The van der Waals surface area contributed by atoms with Crippen molar-refractivity contribution in [2.75, 3.05) is 11.5 Å². The molecule has 0 amide bonds. The van der Waals surface area contributed by atoms with Gasteiger partial charge in [0.05, 0.1) is 5.39 Å². The van der Waals surface area contributed by atoms with Gasteiger partial charge in [0, 0.05) is 11.9 Å². The van der Waals surface area contributed by atoms with E-state index in [1.165, 1.54) is 5.56 Å². The summed E-state index contributed by atoms with van der Waals surface area (Å²) in [6.07, 6.45) is 3.09. The highest BCUT2D eigenvalue weighted by Crippen LogP contribution is 2.33. The molecule has 13 heavy (non-hydrogen) atoms. The van der Waals surface area contributed by atoms with E-state index in [4.69, 9.17) is 5.73 Å². The summed E-state index contributed by atoms with van der Waals surface area (Å²) in [7, 11) is 0. The fourth-order valence-electron chi connectivity index (χ4n) is 1.64. The van der Waals surface area contributed by atoms with Gasteiger partial charge >= 0.3 is 0 Å². The molecule has 0 bridgehead atoms. The van der Waals surface area contributed by atoms with Gasteiger partial charge in [-0.3, -0.25) is 0 Å². The first-order valence-corrected chi connectivity index (χ1v) is 5.09. The van der Waals surface area contributed by atoms with E-state index < -0.39 is 0 Å². The third kappa shape index (κ3) is 0.935. The molecule has 0 atom stereocenters. The maximum Gasteiger partial charge on any atom is 0.223 e. The number of hydrogen-bond donors (Lipinski definition) is 2. The maximum atomic E-state index is 5.58. The number of anilines is 1. The van der Waals surface area contributed by atoms with E-state index in [-0.39, 0.29) is 0 Å². The zero-order valence-electron chi connectivity index (χ0n) is 6.87. The Balaban J connectivity index is 2.47. The van der Waals surface area contributed by atoms with Gasteiger partial charge in [-0.05, 0) is 12.0 Å². The molecule has 3 rings (SSSR count). The normalized spacial score (nSPS) is 15.1. The van der Waals surface area contributed by atoms with Crippen molar-refractivity contribution in [1.82, 2.24) is 15.0 Å². The van der Waals surface area contributed by atoms with Gasteiger partial charge in [-0.1, -0.05) is 0 Å². The predicted octanol–water partition coefficient (Wildman–Crippen LogP) is 1.19. The van der Waals surface area contributed by atoms with Crippen molar-refractivity contribution in [1.29, 1.82) is 0 Å². The van der Waals surface area contributed by atoms with E-state index in [1.54, 1.807) is 11.8 Å². The summed E-state index contributed by atoms with van der Waals surface area (Å²) < 4.78 is 0. The molecule has 3 N–H and O–H groups in total. The minimum absolute atomic E-state index is 0.352. The van der Waals surface area contributed by atoms with Crippen LogP contribution in [0.4, 0.5) is 5.95 Å². The predicted molar refractivity (Wildman–Crippen MR) is 52.7 cm³/mol. The highest BCUT2D eigenvalue weighted by Gasteiger charge is 2.16. The van der Waals surface area contributed by atoms with Crippen LogP contribution in [0.25, 0.3) is 11.0 Å². The number of H-pyrrole nitrogens is 1. The van der Waals surface area contributed by atoms with Crippen molar-refractivity contribution in [3.05, 3.63) is 11.8 Å². The van der Waals surface area contributed by atoms with Gasteiger partial charge in [-0.2, -0.15) is 4.98 Å². The first-order valence-electron chi connectivity index (χ1n) is 4.11. The molecule has 3 heterocycles. The van der Waals surface area contributed by atoms with Crippen LogP contribution in [0.1, 0.15) is 5.56 Å². The fourth-order valence-corrected chi connectivity index (χ4v) is 2.68. The maximum absolute atomic E-state index is 5.58. The molecule has 5 heteroatoms. The van der Waals surface area contributed by atoms with E-state index in [0.717, 1.165) is 28.2 Å². The topological polar surface area (TPSA) is 67.6 Å². The van der Waals surface area contributed by atoms with Crippen molar-refractivity contribution in [2.24, 2.45) is 0 Å². The van der Waals surface area contributed by atoms with Crippen LogP contribution >= 0.6 is 11.8 Å². The first-order chi connectivity index (χ1) is 6.34. The summed E-state index contributed by atoms with van der Waals surface area (Å²) in [4.78, 5) is 11.5. The molecular formula is C8H8N4S. The van der Waals surface area contributed by atoms with Crippen LogP contribution in [0, 0.1) is 0 Å². The number of aromatic amines is 1. The molecule has 0 fully saturated rings. The van der Waals surface area contributed by atoms with E-state index in [9.17, 15) is 0 Å². The van der Waals surface area contributed by atoms with Gasteiger partial charge in [0.1, 0.15) is 10.7 Å². The number of rotatable bonds is 0. The Morgan fingerprint density at radius 3 is 3.31 bits per heavy atom. The fraction of sp³-hybridized carbons (Fsp3) is 0.250. The van der Waals surface area contributed by atoms with Crippen molar-refractivity contribution >= 4 is 28.7 Å². The van der Waals surface area contributed by atoms with E-state index in [0.29, 0.717) is 5.95 Å². The number of thioether (sulfide) groups is 1. The molecule has 0 aromatic carbocycles. The molecular weight excluding hydrogens is 184 g/mol. The van der Waals surface area contributed by atoms with Gasteiger partial charge < -0.3 is 10.7 Å². The monoisotopic (exact) mass is 192 g/mol. The van der Waals surface area contributed by atoms with E-state index in [1.807, 2.05) is 6.20 Å². The van der Waals surface area contributed by atoms with Crippen LogP contribution < -0.4 is 5.73 Å². The Morgan fingerprint density at radius 1 is 1.46 bits per heavy atom. The number of nitrogen functional groups attached to an aromatic ring is 1. The van der Waals surface area contributed by atoms with Crippen molar-refractivity contribution in [3.8, 4) is 0 Å². The van der Waals surface area contributed by atoms with Crippen LogP contribution in [0.15, 0.2) is 11.2 Å². The van der Waals surface area contributed by atoms with Gasteiger partial charge in [-0.15, -0.1) is 11.8 Å². The summed E-state index contributed by atoms with van der Waals surface area (Å²) in [5.41, 5.74) is 7.75. The second kappa shape index (κ2) is 2.38. The van der Waals surface area contributed by atoms with Crippen LogP contribution in [0.2, 0.25) is 0 Å². The highest BCUT2D eigenvalue weighted by atomic mass is 32.2. The largest absolute Gasteiger partial charge is 0.368 e. The minimum Gasteiger partial charge on any atom is -0.368 e. The molecule has 0 saturated heterocycles. The van der Waals surface area contributed by atoms with Crippen LogP contribution in [-0.2, 0) is 6.42 Å². The van der Waals surface area contributed by atoms with Crippen molar-refractivity contribution in [3.63, 3.8) is 0 Å². The first kappa shape index (κ1) is 7.20. The summed E-state index contributed by atoms with van der Waals surface area (Å²) in [6.45, 7) is 0. The molecule has 1 aliphatic heterocycles. The summed E-state index contributed by atoms with van der Waals surface area (Å²) >= 11 is 1.75. The number of hydrogen-bond acceptors (Lipinski definition) is 4. The average molecular weight is 192 g/mol. The van der Waals surface area contributed by atoms with Gasteiger partial charge in [-0.25, -0.2) is 4.98 Å². The molecule has 0 unspecified atom stereocenters. The lowest BCUT2D eigenvalue weighted by molar-refractivity contribution is 1.07.